The Hall–Kier alpha value is -1.88. The van der Waals surface area contributed by atoms with Gasteiger partial charge in [0.25, 0.3) is 0 Å². The van der Waals surface area contributed by atoms with Gasteiger partial charge in [-0.1, -0.05) is 12.1 Å². The van der Waals surface area contributed by atoms with Crippen LogP contribution < -0.4 is 10.6 Å². The van der Waals surface area contributed by atoms with Crippen LogP contribution in [0.1, 0.15) is 28.1 Å². The summed E-state index contributed by atoms with van der Waals surface area (Å²) in [6.45, 7) is 8.91. The molecule has 0 radical (unpaired) electrons. The quantitative estimate of drug-likeness (QED) is 0.855. The zero-order chi connectivity index (χ0) is 15.6. The van der Waals surface area contributed by atoms with Gasteiger partial charge in [-0.2, -0.15) is 5.10 Å². The second-order valence-corrected chi connectivity index (χ2v) is 5.81. The van der Waals surface area contributed by atoms with E-state index in [1.807, 2.05) is 18.7 Å². The summed E-state index contributed by atoms with van der Waals surface area (Å²) in [4.78, 5) is 0. The molecule has 1 aromatic heterocycles. The van der Waals surface area contributed by atoms with Gasteiger partial charge in [0, 0.05) is 30.5 Å². The number of aryl methyl sites for hydroxylation is 4. The molecule has 4 nitrogen and oxygen atoms in total. The lowest BCUT2D eigenvalue weighted by Crippen LogP contribution is -2.28. The van der Waals surface area contributed by atoms with Crippen molar-refractivity contribution in [2.75, 3.05) is 5.32 Å². The molecule has 0 unspecified atom stereocenters. The van der Waals surface area contributed by atoms with Crippen molar-refractivity contribution in [3.05, 3.63) is 46.3 Å². The standard InChI is InChI=1S/C16H22N4S/c1-10-6-7-11(2)15(8-10)18-16(21)17-9-14-12(3)19-20(5)13(14)4/h6-8H,9H2,1-5H3,(H2,17,18,21). The van der Waals surface area contributed by atoms with Crippen LogP contribution >= 0.6 is 12.2 Å². The normalized spacial score (nSPS) is 10.5. The summed E-state index contributed by atoms with van der Waals surface area (Å²) in [6, 6.07) is 6.29. The van der Waals surface area contributed by atoms with E-state index in [1.54, 1.807) is 0 Å². The molecular formula is C16H22N4S. The lowest BCUT2D eigenvalue weighted by molar-refractivity contribution is 0.729. The van der Waals surface area contributed by atoms with Gasteiger partial charge in [0.2, 0.25) is 0 Å². The Morgan fingerprint density at radius 2 is 1.95 bits per heavy atom. The molecule has 0 atom stereocenters. The zero-order valence-electron chi connectivity index (χ0n) is 13.2. The summed E-state index contributed by atoms with van der Waals surface area (Å²) in [7, 11) is 1.96. The number of anilines is 1. The third-order valence-corrected chi connectivity index (χ3v) is 3.97. The number of aromatic nitrogens is 2. The molecule has 1 aromatic carbocycles. The van der Waals surface area contributed by atoms with Gasteiger partial charge in [-0.3, -0.25) is 4.68 Å². The molecular weight excluding hydrogens is 280 g/mol. The van der Waals surface area contributed by atoms with Crippen molar-refractivity contribution < 1.29 is 0 Å². The van der Waals surface area contributed by atoms with Gasteiger partial charge in [-0.25, -0.2) is 0 Å². The summed E-state index contributed by atoms with van der Waals surface area (Å²) in [5.41, 5.74) is 6.84. The Morgan fingerprint density at radius 3 is 2.57 bits per heavy atom. The molecule has 0 aliphatic rings. The van der Waals surface area contributed by atoms with E-state index in [-0.39, 0.29) is 0 Å². The van der Waals surface area contributed by atoms with Gasteiger partial charge in [-0.05, 0) is 57.1 Å². The van der Waals surface area contributed by atoms with Crippen molar-refractivity contribution in [3.63, 3.8) is 0 Å². The fourth-order valence-corrected chi connectivity index (χ4v) is 2.46. The average molecular weight is 302 g/mol. The minimum absolute atomic E-state index is 0.631. The van der Waals surface area contributed by atoms with E-state index < -0.39 is 0 Å². The fraction of sp³-hybridized carbons (Fsp3) is 0.375. The van der Waals surface area contributed by atoms with Gasteiger partial charge < -0.3 is 10.6 Å². The predicted molar refractivity (Wildman–Crippen MR) is 91.7 cm³/mol. The van der Waals surface area contributed by atoms with E-state index >= 15 is 0 Å². The topological polar surface area (TPSA) is 41.9 Å². The van der Waals surface area contributed by atoms with Gasteiger partial charge in [-0.15, -0.1) is 0 Å². The molecule has 0 aliphatic heterocycles. The van der Waals surface area contributed by atoms with Crippen molar-refractivity contribution in [2.45, 2.75) is 34.2 Å². The van der Waals surface area contributed by atoms with E-state index in [9.17, 15) is 0 Å². The SMILES string of the molecule is Cc1ccc(C)c(NC(=S)NCc2c(C)nn(C)c2C)c1. The molecule has 5 heteroatoms. The summed E-state index contributed by atoms with van der Waals surface area (Å²) in [6.07, 6.45) is 0. The first kappa shape index (κ1) is 15.5. The second kappa shape index (κ2) is 6.26. The number of rotatable bonds is 3. The highest BCUT2D eigenvalue weighted by atomic mass is 32.1. The van der Waals surface area contributed by atoms with Crippen LogP contribution in [0.5, 0.6) is 0 Å². The summed E-state index contributed by atoms with van der Waals surface area (Å²) in [5, 5.41) is 11.6. The molecule has 21 heavy (non-hydrogen) atoms. The Labute approximate surface area is 131 Å². The van der Waals surface area contributed by atoms with Crippen LogP contribution in [0.4, 0.5) is 5.69 Å². The maximum atomic E-state index is 5.38. The summed E-state index contributed by atoms with van der Waals surface area (Å²) < 4.78 is 1.90. The number of thiocarbonyl (C=S) groups is 1. The highest BCUT2D eigenvalue weighted by molar-refractivity contribution is 7.80. The molecule has 0 amide bonds. The van der Waals surface area contributed by atoms with Gasteiger partial charge in [0.05, 0.1) is 5.69 Å². The first-order valence-electron chi connectivity index (χ1n) is 6.99. The highest BCUT2D eigenvalue weighted by Gasteiger charge is 2.09. The minimum atomic E-state index is 0.631. The zero-order valence-corrected chi connectivity index (χ0v) is 14.1. The molecule has 2 N–H and O–H groups in total. The van der Waals surface area contributed by atoms with Crippen LogP contribution in [-0.4, -0.2) is 14.9 Å². The average Bonchev–Trinajstić information content (AvgIpc) is 2.66. The van der Waals surface area contributed by atoms with Crippen molar-refractivity contribution in [1.29, 1.82) is 0 Å². The molecule has 112 valence electrons. The Balaban J connectivity index is 2.01. The predicted octanol–water partition coefficient (Wildman–Crippen LogP) is 3.14. The minimum Gasteiger partial charge on any atom is -0.358 e. The fourth-order valence-electron chi connectivity index (χ4n) is 2.28. The largest absolute Gasteiger partial charge is 0.358 e. The number of hydrogen-bond acceptors (Lipinski definition) is 2. The van der Waals surface area contributed by atoms with Gasteiger partial charge >= 0.3 is 0 Å². The number of benzene rings is 1. The lowest BCUT2D eigenvalue weighted by Gasteiger charge is -2.13. The van der Waals surface area contributed by atoms with E-state index in [4.69, 9.17) is 12.2 Å². The molecule has 0 saturated heterocycles. The Bertz CT molecular complexity index is 673. The third-order valence-electron chi connectivity index (χ3n) is 3.73. The summed E-state index contributed by atoms with van der Waals surface area (Å²) in [5.74, 6) is 0. The van der Waals surface area contributed by atoms with Crippen LogP contribution in [0, 0.1) is 27.7 Å². The van der Waals surface area contributed by atoms with Crippen LogP contribution in [0.2, 0.25) is 0 Å². The van der Waals surface area contributed by atoms with Gasteiger partial charge in [0.15, 0.2) is 5.11 Å². The molecule has 2 aromatic rings. The third kappa shape index (κ3) is 3.61. The number of hydrogen-bond donors (Lipinski definition) is 2. The van der Waals surface area contributed by atoms with Crippen molar-refractivity contribution in [3.8, 4) is 0 Å². The van der Waals surface area contributed by atoms with Crippen molar-refractivity contribution >= 4 is 23.0 Å². The lowest BCUT2D eigenvalue weighted by atomic mass is 10.1. The van der Waals surface area contributed by atoms with Crippen molar-refractivity contribution in [2.24, 2.45) is 7.05 Å². The van der Waals surface area contributed by atoms with Gasteiger partial charge in [0.1, 0.15) is 0 Å². The van der Waals surface area contributed by atoms with Crippen LogP contribution in [-0.2, 0) is 13.6 Å². The molecule has 0 fully saturated rings. The highest BCUT2D eigenvalue weighted by Crippen LogP contribution is 2.16. The smallest absolute Gasteiger partial charge is 0.171 e. The maximum absolute atomic E-state index is 5.38. The molecule has 0 saturated carbocycles. The van der Waals surface area contributed by atoms with Crippen LogP contribution in [0.3, 0.4) is 0 Å². The Kier molecular flexibility index (Phi) is 4.63. The Morgan fingerprint density at radius 1 is 1.24 bits per heavy atom. The number of nitrogens with zero attached hydrogens (tertiary/aromatic N) is 2. The number of nitrogens with one attached hydrogen (secondary N) is 2. The van der Waals surface area contributed by atoms with E-state index in [0.29, 0.717) is 11.7 Å². The molecule has 0 spiro atoms. The second-order valence-electron chi connectivity index (χ2n) is 5.40. The molecule has 1 heterocycles. The van der Waals surface area contributed by atoms with Crippen LogP contribution in [0.25, 0.3) is 0 Å². The van der Waals surface area contributed by atoms with E-state index in [1.165, 1.54) is 16.7 Å². The molecule has 0 aliphatic carbocycles. The monoisotopic (exact) mass is 302 g/mol. The van der Waals surface area contributed by atoms with Crippen molar-refractivity contribution in [1.82, 2.24) is 15.1 Å². The van der Waals surface area contributed by atoms with Crippen LogP contribution in [0.15, 0.2) is 18.2 Å². The molecule has 0 bridgehead atoms. The molecule has 2 rings (SSSR count). The first-order chi connectivity index (χ1) is 9.88. The summed E-state index contributed by atoms with van der Waals surface area (Å²) >= 11 is 5.38. The van der Waals surface area contributed by atoms with E-state index in [0.717, 1.165) is 17.1 Å². The first-order valence-corrected chi connectivity index (χ1v) is 7.40. The maximum Gasteiger partial charge on any atom is 0.171 e. The van der Waals surface area contributed by atoms with E-state index in [2.05, 4.69) is 54.7 Å².